The summed E-state index contributed by atoms with van der Waals surface area (Å²) in [7, 11) is 0. The van der Waals surface area contributed by atoms with Gasteiger partial charge in [0.25, 0.3) is 5.56 Å². The van der Waals surface area contributed by atoms with E-state index in [0.717, 1.165) is 18.5 Å². The molecular formula is C15H23N3O2S. The van der Waals surface area contributed by atoms with Crippen LogP contribution in [0.4, 0.5) is 0 Å². The van der Waals surface area contributed by atoms with Gasteiger partial charge in [0.1, 0.15) is 0 Å². The molecule has 1 aliphatic carbocycles. The Bertz CT molecular complexity index is 522. The van der Waals surface area contributed by atoms with Crippen LogP contribution in [-0.2, 0) is 11.2 Å². The summed E-state index contributed by atoms with van der Waals surface area (Å²) in [6, 6.07) is 1.81. The fourth-order valence-electron chi connectivity index (χ4n) is 2.56. The van der Waals surface area contributed by atoms with Gasteiger partial charge in [-0.05, 0) is 19.3 Å². The highest BCUT2D eigenvalue weighted by molar-refractivity contribution is 7.99. The molecule has 2 N–H and O–H groups in total. The van der Waals surface area contributed by atoms with E-state index in [1.807, 2.05) is 6.92 Å². The van der Waals surface area contributed by atoms with E-state index in [1.165, 1.54) is 43.5 Å². The number of aromatic nitrogens is 2. The van der Waals surface area contributed by atoms with Crippen molar-refractivity contribution in [1.29, 1.82) is 0 Å². The highest BCUT2D eigenvalue weighted by atomic mass is 32.2. The summed E-state index contributed by atoms with van der Waals surface area (Å²) in [5.41, 5.74) is 0.596. The molecule has 0 radical (unpaired) electrons. The average Bonchev–Trinajstić information content (AvgIpc) is 2.73. The number of aromatic amines is 1. The van der Waals surface area contributed by atoms with Gasteiger partial charge in [0, 0.05) is 17.8 Å². The van der Waals surface area contributed by atoms with Crippen LogP contribution < -0.4 is 10.9 Å². The molecule has 0 saturated heterocycles. The Labute approximate surface area is 129 Å². The fourth-order valence-corrected chi connectivity index (χ4v) is 3.27. The highest BCUT2D eigenvalue weighted by Crippen LogP contribution is 2.18. The fraction of sp³-hybridized carbons (Fsp3) is 0.667. The van der Waals surface area contributed by atoms with Gasteiger partial charge in [-0.1, -0.05) is 44.4 Å². The van der Waals surface area contributed by atoms with Crippen molar-refractivity contribution in [2.45, 2.75) is 63.1 Å². The standard InChI is InChI=1S/C15H23N3O2S/c1-2-11-9-13(19)18-15(17-11)21-10-14(20)16-12-7-5-3-4-6-8-12/h9,12H,2-8,10H2,1H3,(H,16,20)(H,17,18,19). The Hall–Kier alpha value is -1.30. The van der Waals surface area contributed by atoms with Crippen molar-refractivity contribution in [1.82, 2.24) is 15.3 Å². The minimum atomic E-state index is -0.159. The Morgan fingerprint density at radius 3 is 2.76 bits per heavy atom. The van der Waals surface area contributed by atoms with Crippen LogP contribution in [0.25, 0.3) is 0 Å². The number of nitrogens with one attached hydrogen (secondary N) is 2. The second-order valence-electron chi connectivity index (χ2n) is 5.44. The Morgan fingerprint density at radius 2 is 2.10 bits per heavy atom. The first kappa shape index (κ1) is 16.1. The van der Waals surface area contributed by atoms with Crippen LogP contribution in [0.5, 0.6) is 0 Å². The first-order valence-corrected chi connectivity index (χ1v) is 8.68. The number of nitrogens with zero attached hydrogens (tertiary/aromatic N) is 1. The van der Waals surface area contributed by atoms with Gasteiger partial charge in [0.2, 0.25) is 5.91 Å². The van der Waals surface area contributed by atoms with E-state index in [-0.39, 0.29) is 11.5 Å². The minimum Gasteiger partial charge on any atom is -0.353 e. The summed E-state index contributed by atoms with van der Waals surface area (Å²) in [6.45, 7) is 1.95. The number of carbonyl (C=O) groups excluding carboxylic acids is 1. The molecule has 1 aliphatic rings. The Balaban J connectivity index is 1.83. The number of hydrogen-bond acceptors (Lipinski definition) is 4. The van der Waals surface area contributed by atoms with Crippen molar-refractivity contribution in [3.05, 3.63) is 22.1 Å². The molecule has 1 aromatic rings. The van der Waals surface area contributed by atoms with E-state index in [0.29, 0.717) is 23.4 Å². The third kappa shape index (κ3) is 5.53. The molecule has 1 heterocycles. The molecule has 2 rings (SSSR count). The Morgan fingerprint density at radius 1 is 1.38 bits per heavy atom. The number of thioether (sulfide) groups is 1. The van der Waals surface area contributed by atoms with Crippen LogP contribution in [0.2, 0.25) is 0 Å². The second-order valence-corrected chi connectivity index (χ2v) is 6.40. The SMILES string of the molecule is CCc1cc(=O)[nH]c(SCC(=O)NC2CCCCCC2)n1. The van der Waals surface area contributed by atoms with Gasteiger partial charge < -0.3 is 10.3 Å². The first-order chi connectivity index (χ1) is 10.2. The van der Waals surface area contributed by atoms with E-state index in [2.05, 4.69) is 15.3 Å². The molecule has 0 unspecified atom stereocenters. The molecule has 1 aromatic heterocycles. The van der Waals surface area contributed by atoms with Crippen molar-refractivity contribution in [2.75, 3.05) is 5.75 Å². The lowest BCUT2D eigenvalue weighted by Gasteiger charge is -2.15. The van der Waals surface area contributed by atoms with Crippen molar-refractivity contribution < 1.29 is 4.79 Å². The van der Waals surface area contributed by atoms with E-state index in [9.17, 15) is 9.59 Å². The first-order valence-electron chi connectivity index (χ1n) is 7.69. The lowest BCUT2D eigenvalue weighted by atomic mass is 10.1. The molecule has 1 saturated carbocycles. The van der Waals surface area contributed by atoms with Crippen LogP contribution >= 0.6 is 11.8 Å². The molecular weight excluding hydrogens is 286 g/mol. The molecule has 21 heavy (non-hydrogen) atoms. The monoisotopic (exact) mass is 309 g/mol. The van der Waals surface area contributed by atoms with Crippen LogP contribution in [0.3, 0.4) is 0 Å². The van der Waals surface area contributed by atoms with E-state index < -0.39 is 0 Å². The smallest absolute Gasteiger partial charge is 0.251 e. The minimum absolute atomic E-state index is 0.0245. The van der Waals surface area contributed by atoms with Gasteiger partial charge >= 0.3 is 0 Å². The van der Waals surface area contributed by atoms with Crippen molar-refractivity contribution in [2.24, 2.45) is 0 Å². The van der Waals surface area contributed by atoms with Gasteiger partial charge in [-0.3, -0.25) is 9.59 Å². The van der Waals surface area contributed by atoms with Crippen LogP contribution in [0.1, 0.15) is 51.1 Å². The summed E-state index contributed by atoms with van der Waals surface area (Å²) >= 11 is 1.29. The molecule has 116 valence electrons. The van der Waals surface area contributed by atoms with Gasteiger partial charge in [0.15, 0.2) is 5.16 Å². The van der Waals surface area contributed by atoms with Gasteiger partial charge in [-0.25, -0.2) is 4.98 Å². The molecule has 5 nitrogen and oxygen atoms in total. The average molecular weight is 309 g/mol. The van der Waals surface area contributed by atoms with E-state index >= 15 is 0 Å². The zero-order valence-electron chi connectivity index (χ0n) is 12.5. The lowest BCUT2D eigenvalue weighted by Crippen LogP contribution is -2.35. The summed E-state index contributed by atoms with van der Waals surface area (Å²) in [4.78, 5) is 30.4. The van der Waals surface area contributed by atoms with Crippen LogP contribution in [0, 0.1) is 0 Å². The molecule has 0 spiro atoms. The number of carbonyl (C=O) groups is 1. The normalized spacial score (nSPS) is 16.4. The summed E-state index contributed by atoms with van der Waals surface area (Å²) in [6.07, 6.45) is 7.82. The maximum atomic E-state index is 12.0. The van der Waals surface area contributed by atoms with E-state index in [4.69, 9.17) is 0 Å². The highest BCUT2D eigenvalue weighted by Gasteiger charge is 2.15. The third-order valence-corrected chi connectivity index (χ3v) is 4.57. The maximum absolute atomic E-state index is 12.0. The molecule has 0 bridgehead atoms. The zero-order chi connectivity index (χ0) is 15.1. The van der Waals surface area contributed by atoms with Crippen molar-refractivity contribution in [3.63, 3.8) is 0 Å². The second kappa shape index (κ2) is 8.22. The molecule has 0 atom stereocenters. The van der Waals surface area contributed by atoms with Gasteiger partial charge in [-0.2, -0.15) is 0 Å². The number of H-pyrrole nitrogens is 1. The molecule has 0 aromatic carbocycles. The molecule has 6 heteroatoms. The summed E-state index contributed by atoms with van der Waals surface area (Å²) in [5, 5.41) is 3.62. The number of hydrogen-bond donors (Lipinski definition) is 2. The quantitative estimate of drug-likeness (QED) is 0.497. The third-order valence-electron chi connectivity index (χ3n) is 3.70. The summed E-state index contributed by atoms with van der Waals surface area (Å²) in [5.74, 6) is 0.323. The maximum Gasteiger partial charge on any atom is 0.251 e. The largest absolute Gasteiger partial charge is 0.353 e. The predicted molar refractivity (Wildman–Crippen MR) is 84.6 cm³/mol. The van der Waals surface area contributed by atoms with E-state index in [1.54, 1.807) is 0 Å². The van der Waals surface area contributed by atoms with Gasteiger partial charge in [0.05, 0.1) is 5.75 Å². The molecule has 0 aliphatic heterocycles. The topological polar surface area (TPSA) is 74.8 Å². The Kier molecular flexibility index (Phi) is 6.29. The lowest BCUT2D eigenvalue weighted by molar-refractivity contribution is -0.119. The zero-order valence-corrected chi connectivity index (χ0v) is 13.3. The summed E-state index contributed by atoms with van der Waals surface area (Å²) < 4.78 is 0. The number of aryl methyl sites for hydroxylation is 1. The van der Waals surface area contributed by atoms with Gasteiger partial charge in [-0.15, -0.1) is 0 Å². The molecule has 1 amide bonds. The van der Waals surface area contributed by atoms with Crippen molar-refractivity contribution in [3.8, 4) is 0 Å². The van der Waals surface area contributed by atoms with Crippen LogP contribution in [0.15, 0.2) is 16.0 Å². The number of amides is 1. The predicted octanol–water partition coefficient (Wildman–Crippen LogP) is 2.26. The number of rotatable bonds is 5. The van der Waals surface area contributed by atoms with Crippen LogP contribution in [-0.4, -0.2) is 27.7 Å². The van der Waals surface area contributed by atoms with Crippen molar-refractivity contribution >= 4 is 17.7 Å². The molecule has 1 fully saturated rings.